The van der Waals surface area contributed by atoms with Gasteiger partial charge in [0.15, 0.2) is 5.82 Å². The van der Waals surface area contributed by atoms with E-state index in [0.717, 1.165) is 0 Å². The summed E-state index contributed by atoms with van der Waals surface area (Å²) in [5.74, 6) is -0.187. The van der Waals surface area contributed by atoms with Crippen LogP contribution >= 0.6 is 0 Å². The normalized spacial score (nSPS) is 11.9. The molecule has 8 nitrogen and oxygen atoms in total. The molecule has 1 rings (SSSR count). The van der Waals surface area contributed by atoms with Crippen molar-refractivity contribution in [2.24, 2.45) is 5.92 Å². The molecule has 0 bridgehead atoms. The van der Waals surface area contributed by atoms with E-state index in [1.807, 2.05) is 0 Å². The van der Waals surface area contributed by atoms with Crippen molar-refractivity contribution in [3.05, 3.63) is 11.7 Å². The number of carboxylic acid groups (broad SMARTS) is 1. The molecule has 18 heavy (non-hydrogen) atoms. The summed E-state index contributed by atoms with van der Waals surface area (Å²) in [6.45, 7) is 3.86. The van der Waals surface area contributed by atoms with Gasteiger partial charge in [-0.2, -0.15) is 4.98 Å². The van der Waals surface area contributed by atoms with Gasteiger partial charge in [-0.15, -0.1) is 0 Å². The lowest BCUT2D eigenvalue weighted by molar-refractivity contribution is -0.137. The zero-order chi connectivity index (χ0) is 13.5. The molecule has 0 radical (unpaired) electrons. The molecular formula is C10H16N4O4. The molecule has 1 aromatic heterocycles. The van der Waals surface area contributed by atoms with Crippen molar-refractivity contribution in [3.63, 3.8) is 0 Å². The smallest absolute Gasteiger partial charge is 0.315 e. The number of amides is 2. The molecule has 0 aromatic carbocycles. The molecule has 1 unspecified atom stereocenters. The lowest BCUT2D eigenvalue weighted by atomic mass is 10.1. The molecule has 1 aromatic rings. The second kappa shape index (κ2) is 6.58. The fourth-order valence-electron chi connectivity index (χ4n) is 1.27. The number of aliphatic carboxylic acids is 1. The lowest BCUT2D eigenvalue weighted by Crippen LogP contribution is -2.37. The topological polar surface area (TPSA) is 117 Å². The number of aryl methyl sites for hydroxylation is 1. The zero-order valence-electron chi connectivity index (χ0n) is 10.3. The number of rotatable bonds is 6. The van der Waals surface area contributed by atoms with Crippen LogP contribution in [-0.4, -0.2) is 33.8 Å². The monoisotopic (exact) mass is 256 g/mol. The Labute approximate surface area is 104 Å². The molecule has 0 aliphatic heterocycles. The molecule has 0 spiro atoms. The van der Waals surface area contributed by atoms with Gasteiger partial charge in [0.05, 0.1) is 6.54 Å². The van der Waals surface area contributed by atoms with Crippen molar-refractivity contribution < 1.29 is 19.2 Å². The largest absolute Gasteiger partial charge is 0.481 e. The predicted octanol–water partition coefficient (Wildman–Crippen LogP) is 0.288. The van der Waals surface area contributed by atoms with Crippen LogP contribution in [0.5, 0.6) is 0 Å². The summed E-state index contributed by atoms with van der Waals surface area (Å²) in [5, 5.41) is 17.2. The van der Waals surface area contributed by atoms with E-state index in [-0.39, 0.29) is 18.9 Å². The molecule has 100 valence electrons. The van der Waals surface area contributed by atoms with Crippen molar-refractivity contribution in [1.82, 2.24) is 20.8 Å². The average molecular weight is 256 g/mol. The SMILES string of the molecule is Cc1noc(CNC(=O)NCC(C)CC(=O)O)n1. The Hall–Kier alpha value is -2.12. The zero-order valence-corrected chi connectivity index (χ0v) is 10.3. The molecule has 0 aliphatic carbocycles. The second-order valence-electron chi connectivity index (χ2n) is 4.00. The van der Waals surface area contributed by atoms with E-state index in [2.05, 4.69) is 20.8 Å². The molecule has 8 heteroatoms. The van der Waals surface area contributed by atoms with Crippen LogP contribution in [0, 0.1) is 12.8 Å². The molecule has 0 aliphatic rings. The fourth-order valence-corrected chi connectivity index (χ4v) is 1.27. The first-order chi connectivity index (χ1) is 8.47. The van der Waals surface area contributed by atoms with E-state index in [0.29, 0.717) is 18.3 Å². The van der Waals surface area contributed by atoms with E-state index >= 15 is 0 Å². The van der Waals surface area contributed by atoms with Gasteiger partial charge in [-0.05, 0) is 12.8 Å². The molecule has 0 saturated heterocycles. The summed E-state index contributed by atoms with van der Waals surface area (Å²) in [6, 6.07) is -0.400. The fraction of sp³-hybridized carbons (Fsp3) is 0.600. The number of carbonyl (C=O) groups is 2. The third-order valence-corrected chi connectivity index (χ3v) is 2.10. The number of aromatic nitrogens is 2. The standard InChI is InChI=1S/C10H16N4O4/c1-6(3-9(15)16)4-11-10(17)12-5-8-13-7(2)14-18-8/h6H,3-5H2,1-2H3,(H,15,16)(H2,11,12,17). The first-order valence-electron chi connectivity index (χ1n) is 5.50. The molecule has 1 heterocycles. The maximum atomic E-state index is 11.4. The summed E-state index contributed by atoms with van der Waals surface area (Å²) >= 11 is 0. The van der Waals surface area contributed by atoms with Gasteiger partial charge < -0.3 is 20.3 Å². The first-order valence-corrected chi connectivity index (χ1v) is 5.50. The highest BCUT2D eigenvalue weighted by Crippen LogP contribution is 1.99. The lowest BCUT2D eigenvalue weighted by Gasteiger charge is -2.10. The number of urea groups is 1. The maximum Gasteiger partial charge on any atom is 0.315 e. The molecule has 3 N–H and O–H groups in total. The molecule has 1 atom stereocenters. The van der Waals surface area contributed by atoms with Crippen molar-refractivity contribution >= 4 is 12.0 Å². The molecule has 2 amide bonds. The van der Waals surface area contributed by atoms with Gasteiger partial charge in [0, 0.05) is 13.0 Å². The Bertz CT molecular complexity index is 418. The van der Waals surface area contributed by atoms with Crippen molar-refractivity contribution in [3.8, 4) is 0 Å². The minimum Gasteiger partial charge on any atom is -0.481 e. The highest BCUT2D eigenvalue weighted by atomic mass is 16.5. The van der Waals surface area contributed by atoms with Gasteiger partial charge in [-0.25, -0.2) is 4.79 Å². The Morgan fingerprint density at radius 3 is 2.72 bits per heavy atom. The molecular weight excluding hydrogens is 240 g/mol. The van der Waals surface area contributed by atoms with E-state index in [9.17, 15) is 9.59 Å². The van der Waals surface area contributed by atoms with Crippen molar-refractivity contribution in [2.75, 3.05) is 6.54 Å². The van der Waals surface area contributed by atoms with Gasteiger partial charge in [-0.1, -0.05) is 12.1 Å². The van der Waals surface area contributed by atoms with Gasteiger partial charge in [0.25, 0.3) is 0 Å². The summed E-state index contributed by atoms with van der Waals surface area (Å²) in [5.41, 5.74) is 0. The van der Waals surface area contributed by atoms with E-state index in [1.165, 1.54) is 0 Å². The number of carboxylic acids is 1. The number of nitrogens with one attached hydrogen (secondary N) is 2. The summed E-state index contributed by atoms with van der Waals surface area (Å²) < 4.78 is 4.81. The first kappa shape index (κ1) is 13.9. The van der Waals surface area contributed by atoms with Gasteiger partial charge in [0.1, 0.15) is 0 Å². The summed E-state index contributed by atoms with van der Waals surface area (Å²) in [4.78, 5) is 25.7. The second-order valence-corrected chi connectivity index (χ2v) is 4.00. The Morgan fingerprint density at radius 1 is 1.44 bits per heavy atom. The van der Waals surface area contributed by atoms with Crippen LogP contribution in [-0.2, 0) is 11.3 Å². The minimum absolute atomic E-state index is 0.0170. The summed E-state index contributed by atoms with van der Waals surface area (Å²) in [6.07, 6.45) is 0.0170. The van der Waals surface area contributed by atoms with Gasteiger partial charge in [-0.3, -0.25) is 4.79 Å². The number of hydrogen-bond donors (Lipinski definition) is 3. The van der Waals surface area contributed by atoms with E-state index in [1.54, 1.807) is 13.8 Å². The van der Waals surface area contributed by atoms with Crippen LogP contribution in [0.15, 0.2) is 4.52 Å². The molecule has 0 saturated carbocycles. The van der Waals surface area contributed by atoms with Gasteiger partial charge >= 0.3 is 12.0 Å². The van der Waals surface area contributed by atoms with Crippen molar-refractivity contribution in [2.45, 2.75) is 26.8 Å². The number of hydrogen-bond acceptors (Lipinski definition) is 5. The Morgan fingerprint density at radius 2 is 2.17 bits per heavy atom. The predicted molar refractivity (Wildman–Crippen MR) is 60.7 cm³/mol. The highest BCUT2D eigenvalue weighted by molar-refractivity contribution is 5.73. The number of nitrogens with zero attached hydrogens (tertiary/aromatic N) is 2. The van der Waals surface area contributed by atoms with Crippen LogP contribution < -0.4 is 10.6 Å². The highest BCUT2D eigenvalue weighted by Gasteiger charge is 2.10. The van der Waals surface area contributed by atoms with E-state index in [4.69, 9.17) is 9.63 Å². The minimum atomic E-state index is -0.883. The van der Waals surface area contributed by atoms with Crippen LogP contribution in [0.1, 0.15) is 25.1 Å². The average Bonchev–Trinajstić information content (AvgIpc) is 2.69. The third-order valence-electron chi connectivity index (χ3n) is 2.10. The van der Waals surface area contributed by atoms with Crippen LogP contribution in [0.25, 0.3) is 0 Å². The van der Waals surface area contributed by atoms with Gasteiger partial charge in [0.2, 0.25) is 5.89 Å². The quantitative estimate of drug-likeness (QED) is 0.673. The number of carbonyl (C=O) groups excluding carboxylic acids is 1. The molecule has 0 fully saturated rings. The Kier molecular flexibility index (Phi) is 5.09. The van der Waals surface area contributed by atoms with Crippen LogP contribution in [0.3, 0.4) is 0 Å². The van der Waals surface area contributed by atoms with Crippen LogP contribution in [0.2, 0.25) is 0 Å². The van der Waals surface area contributed by atoms with E-state index < -0.39 is 12.0 Å². The third kappa shape index (κ3) is 5.28. The maximum absolute atomic E-state index is 11.4. The van der Waals surface area contributed by atoms with Crippen LogP contribution in [0.4, 0.5) is 4.79 Å². The van der Waals surface area contributed by atoms with Crippen molar-refractivity contribution in [1.29, 1.82) is 0 Å². The summed E-state index contributed by atoms with van der Waals surface area (Å²) in [7, 11) is 0. The Balaban J connectivity index is 2.19.